The molecular formula is C12H16N6O2S. The number of hydrogen-bond acceptors (Lipinski definition) is 7. The lowest BCUT2D eigenvalue weighted by Crippen LogP contribution is -2.33. The molecule has 0 spiro atoms. The summed E-state index contributed by atoms with van der Waals surface area (Å²) in [4.78, 5) is 35.1. The Morgan fingerprint density at radius 3 is 2.62 bits per heavy atom. The zero-order valence-corrected chi connectivity index (χ0v) is 13.0. The van der Waals surface area contributed by atoms with Crippen LogP contribution in [0.5, 0.6) is 0 Å². The molecule has 0 aromatic carbocycles. The molecule has 2 aromatic rings. The largest absolute Gasteiger partial charge is 0.373 e. The molecule has 0 amide bonds. The maximum Gasteiger partial charge on any atom is 0.339 e. The van der Waals surface area contributed by atoms with Crippen molar-refractivity contribution in [3.8, 4) is 0 Å². The minimum atomic E-state index is -0.817. The quantitative estimate of drug-likeness (QED) is 0.628. The summed E-state index contributed by atoms with van der Waals surface area (Å²) in [6.45, 7) is 3.99. The average molecular weight is 308 g/mol. The fourth-order valence-electron chi connectivity index (χ4n) is 1.53. The Labute approximate surface area is 125 Å². The first kappa shape index (κ1) is 15.2. The number of aromatic amines is 1. The van der Waals surface area contributed by atoms with Crippen LogP contribution in [-0.4, -0.2) is 31.8 Å². The van der Waals surface area contributed by atoms with E-state index in [2.05, 4.69) is 25.4 Å². The molecular weight excluding hydrogens is 292 g/mol. The van der Waals surface area contributed by atoms with Gasteiger partial charge in [-0.05, 0) is 11.8 Å². The van der Waals surface area contributed by atoms with Gasteiger partial charge in [-0.25, -0.2) is 9.97 Å². The first-order valence-electron chi connectivity index (χ1n) is 6.32. The highest BCUT2D eigenvalue weighted by Gasteiger charge is 2.11. The number of aromatic nitrogens is 5. The minimum Gasteiger partial charge on any atom is -0.373 e. The van der Waals surface area contributed by atoms with Gasteiger partial charge in [-0.1, -0.05) is 13.8 Å². The fraction of sp³-hybridized carbons (Fsp3) is 0.417. The molecule has 2 heterocycles. The average Bonchev–Trinajstić information content (AvgIpc) is 2.44. The zero-order valence-electron chi connectivity index (χ0n) is 12.2. The maximum atomic E-state index is 11.4. The van der Waals surface area contributed by atoms with Crippen LogP contribution in [-0.2, 0) is 7.05 Å². The van der Waals surface area contributed by atoms with E-state index in [0.29, 0.717) is 21.8 Å². The number of anilines is 1. The molecule has 2 rings (SSSR count). The molecule has 0 radical (unpaired) electrons. The van der Waals surface area contributed by atoms with Crippen molar-refractivity contribution in [3.63, 3.8) is 0 Å². The van der Waals surface area contributed by atoms with Crippen LogP contribution < -0.4 is 16.4 Å². The second-order valence-corrected chi connectivity index (χ2v) is 5.64. The van der Waals surface area contributed by atoms with Crippen molar-refractivity contribution >= 4 is 17.6 Å². The van der Waals surface area contributed by atoms with Crippen molar-refractivity contribution in [1.82, 2.24) is 24.7 Å². The van der Waals surface area contributed by atoms with Crippen molar-refractivity contribution < 1.29 is 0 Å². The molecule has 0 saturated carbocycles. The monoisotopic (exact) mass is 308 g/mol. The summed E-state index contributed by atoms with van der Waals surface area (Å²) >= 11 is 1.19. The molecule has 0 aliphatic heterocycles. The van der Waals surface area contributed by atoms with Crippen LogP contribution >= 0.6 is 11.8 Å². The third-order valence-corrected chi connectivity index (χ3v) is 3.60. The van der Waals surface area contributed by atoms with E-state index < -0.39 is 11.1 Å². The van der Waals surface area contributed by atoms with Crippen molar-refractivity contribution in [2.24, 2.45) is 7.05 Å². The van der Waals surface area contributed by atoms with E-state index in [1.165, 1.54) is 16.4 Å². The summed E-state index contributed by atoms with van der Waals surface area (Å²) in [6, 6.07) is 1.76. The lowest BCUT2D eigenvalue weighted by Gasteiger charge is -2.10. The summed E-state index contributed by atoms with van der Waals surface area (Å²) in [5.74, 6) is 1.55. The molecule has 0 atom stereocenters. The third kappa shape index (κ3) is 3.48. The Morgan fingerprint density at radius 2 is 2.00 bits per heavy atom. The second-order valence-electron chi connectivity index (χ2n) is 4.66. The van der Waals surface area contributed by atoms with E-state index in [-0.39, 0.29) is 5.92 Å². The predicted octanol–water partition coefficient (Wildman–Crippen LogP) is 0.575. The van der Waals surface area contributed by atoms with Crippen LogP contribution in [0.4, 0.5) is 5.82 Å². The Hall–Kier alpha value is -2.16. The number of aryl methyl sites for hydroxylation is 1. The minimum absolute atomic E-state index is 0.171. The summed E-state index contributed by atoms with van der Waals surface area (Å²) < 4.78 is 1.39. The number of nitrogens with zero attached hydrogens (tertiary/aromatic N) is 4. The lowest BCUT2D eigenvalue weighted by molar-refractivity contribution is 0.596. The molecule has 0 fully saturated rings. The van der Waals surface area contributed by atoms with E-state index in [0.717, 1.165) is 0 Å². The smallest absolute Gasteiger partial charge is 0.339 e. The molecule has 9 heteroatoms. The highest BCUT2D eigenvalue weighted by atomic mass is 32.2. The fourth-order valence-corrected chi connectivity index (χ4v) is 2.33. The molecule has 8 nitrogen and oxygen atoms in total. The van der Waals surface area contributed by atoms with Gasteiger partial charge in [0.05, 0.1) is 0 Å². The molecule has 2 aromatic heterocycles. The molecule has 0 saturated heterocycles. The van der Waals surface area contributed by atoms with Gasteiger partial charge < -0.3 is 5.32 Å². The Balaban J connectivity index is 2.44. The van der Waals surface area contributed by atoms with Gasteiger partial charge in [0.25, 0.3) is 0 Å². The molecule has 2 N–H and O–H groups in total. The Bertz CT molecular complexity index is 767. The van der Waals surface area contributed by atoms with Crippen LogP contribution in [0.2, 0.25) is 0 Å². The van der Waals surface area contributed by atoms with Crippen LogP contribution in [0.25, 0.3) is 0 Å². The Morgan fingerprint density at radius 1 is 1.29 bits per heavy atom. The van der Waals surface area contributed by atoms with Crippen LogP contribution in [0.15, 0.2) is 25.8 Å². The van der Waals surface area contributed by atoms with Crippen LogP contribution in [0.3, 0.4) is 0 Å². The highest BCUT2D eigenvalue weighted by Crippen LogP contribution is 2.25. The Kier molecular flexibility index (Phi) is 4.41. The topological polar surface area (TPSA) is 106 Å². The molecule has 21 heavy (non-hydrogen) atoms. The van der Waals surface area contributed by atoms with Gasteiger partial charge in [-0.3, -0.25) is 19.4 Å². The van der Waals surface area contributed by atoms with E-state index in [1.54, 1.807) is 20.2 Å². The number of hydrogen-bond donors (Lipinski definition) is 2. The summed E-state index contributed by atoms with van der Waals surface area (Å²) in [5, 5.41) is 6.37. The third-order valence-electron chi connectivity index (χ3n) is 2.64. The predicted molar refractivity (Wildman–Crippen MR) is 79.9 cm³/mol. The van der Waals surface area contributed by atoms with Crippen molar-refractivity contribution in [1.29, 1.82) is 0 Å². The first-order valence-corrected chi connectivity index (χ1v) is 7.14. The molecule has 0 bridgehead atoms. The summed E-state index contributed by atoms with van der Waals surface area (Å²) in [7, 11) is 3.38. The van der Waals surface area contributed by atoms with Gasteiger partial charge in [0.1, 0.15) is 16.7 Å². The molecule has 0 aliphatic carbocycles. The summed E-state index contributed by atoms with van der Waals surface area (Å²) in [5.41, 5.74) is -1.56. The first-order chi connectivity index (χ1) is 9.90. The van der Waals surface area contributed by atoms with Crippen molar-refractivity contribution in [2.45, 2.75) is 29.9 Å². The molecule has 0 unspecified atom stereocenters. The van der Waals surface area contributed by atoms with E-state index in [9.17, 15) is 9.59 Å². The molecule has 0 aliphatic rings. The van der Waals surface area contributed by atoms with Crippen LogP contribution in [0, 0.1) is 0 Å². The summed E-state index contributed by atoms with van der Waals surface area (Å²) in [6.07, 6.45) is 0. The lowest BCUT2D eigenvalue weighted by atomic mass is 10.2. The van der Waals surface area contributed by atoms with Gasteiger partial charge in [0.15, 0.2) is 5.16 Å². The zero-order chi connectivity index (χ0) is 15.6. The van der Waals surface area contributed by atoms with E-state index in [4.69, 9.17) is 0 Å². The van der Waals surface area contributed by atoms with Gasteiger partial charge in [-0.15, -0.1) is 0 Å². The van der Waals surface area contributed by atoms with E-state index in [1.807, 2.05) is 13.8 Å². The van der Waals surface area contributed by atoms with Crippen LogP contribution in [0.1, 0.15) is 25.6 Å². The maximum absolute atomic E-state index is 11.4. The van der Waals surface area contributed by atoms with Gasteiger partial charge in [0.2, 0.25) is 0 Å². The number of rotatable bonds is 4. The second kappa shape index (κ2) is 6.08. The number of H-pyrrole nitrogens is 1. The van der Waals surface area contributed by atoms with Gasteiger partial charge in [0, 0.05) is 26.1 Å². The van der Waals surface area contributed by atoms with Gasteiger partial charge in [-0.2, -0.15) is 4.98 Å². The van der Waals surface area contributed by atoms with E-state index >= 15 is 0 Å². The van der Waals surface area contributed by atoms with Crippen molar-refractivity contribution in [3.05, 3.63) is 32.6 Å². The molecule has 112 valence electrons. The highest BCUT2D eigenvalue weighted by molar-refractivity contribution is 7.99. The SMILES string of the molecule is CNc1cc(Sc2nc(=O)c(=O)[nH]n2C)nc(C(C)C)n1. The van der Waals surface area contributed by atoms with Gasteiger partial charge >= 0.3 is 11.1 Å². The normalized spacial score (nSPS) is 10.9. The standard InChI is InChI=1S/C12H16N6O2S/c1-6(2)9-14-7(13-3)5-8(15-9)21-12-16-10(19)11(20)17-18(12)4/h5-6H,1-4H3,(H,17,20)(H,13,14,15). The van der Waals surface area contributed by atoms with Crippen molar-refractivity contribution in [2.75, 3.05) is 12.4 Å². The number of nitrogens with one attached hydrogen (secondary N) is 2.